The van der Waals surface area contributed by atoms with Crippen molar-refractivity contribution >= 4 is 0 Å². The first-order valence-corrected chi connectivity index (χ1v) is 6.49. The van der Waals surface area contributed by atoms with Gasteiger partial charge in [0.25, 0.3) is 0 Å². The van der Waals surface area contributed by atoms with Crippen LogP contribution in [-0.2, 0) is 5.41 Å². The Morgan fingerprint density at radius 2 is 1.84 bits per heavy atom. The van der Waals surface area contributed by atoms with E-state index in [0.29, 0.717) is 0 Å². The maximum atomic E-state index is 5.77. The van der Waals surface area contributed by atoms with E-state index in [1.807, 2.05) is 24.4 Å². The fourth-order valence-corrected chi connectivity index (χ4v) is 2.34. The first-order chi connectivity index (χ1) is 9.04. The van der Waals surface area contributed by atoms with Gasteiger partial charge in [-0.05, 0) is 28.2 Å². The summed E-state index contributed by atoms with van der Waals surface area (Å²) in [5.74, 6) is 5.77. The third-order valence-corrected chi connectivity index (χ3v) is 3.26. The summed E-state index contributed by atoms with van der Waals surface area (Å²) in [6.07, 6.45) is 3.62. The second kappa shape index (κ2) is 5.51. The van der Waals surface area contributed by atoms with Crippen molar-refractivity contribution in [1.82, 2.24) is 10.4 Å². The average molecular weight is 255 g/mol. The van der Waals surface area contributed by atoms with Crippen LogP contribution in [0.3, 0.4) is 0 Å². The molecule has 1 aromatic carbocycles. The van der Waals surface area contributed by atoms with Gasteiger partial charge in [-0.1, -0.05) is 51.1 Å². The van der Waals surface area contributed by atoms with Crippen LogP contribution in [0.15, 0.2) is 48.8 Å². The number of hydrogen-bond donors (Lipinski definition) is 2. The first-order valence-electron chi connectivity index (χ1n) is 6.49. The summed E-state index contributed by atoms with van der Waals surface area (Å²) < 4.78 is 0. The zero-order valence-electron chi connectivity index (χ0n) is 11.7. The molecule has 1 aromatic heterocycles. The van der Waals surface area contributed by atoms with E-state index in [1.165, 1.54) is 11.1 Å². The van der Waals surface area contributed by atoms with E-state index in [2.05, 4.69) is 49.4 Å². The molecule has 1 heterocycles. The molecule has 0 spiro atoms. The van der Waals surface area contributed by atoms with Crippen molar-refractivity contribution in [1.29, 1.82) is 0 Å². The van der Waals surface area contributed by atoms with Crippen LogP contribution in [0.25, 0.3) is 0 Å². The Morgan fingerprint density at radius 3 is 2.42 bits per heavy atom. The van der Waals surface area contributed by atoms with E-state index in [4.69, 9.17) is 5.84 Å². The lowest BCUT2D eigenvalue weighted by molar-refractivity contribution is 0.557. The van der Waals surface area contributed by atoms with Crippen LogP contribution in [-0.4, -0.2) is 4.98 Å². The molecule has 3 nitrogen and oxygen atoms in total. The summed E-state index contributed by atoms with van der Waals surface area (Å²) >= 11 is 0. The number of pyridine rings is 1. The predicted octanol–water partition coefficient (Wildman–Crippen LogP) is 2.93. The summed E-state index contributed by atoms with van der Waals surface area (Å²) in [6.45, 7) is 6.63. The number of rotatable bonds is 3. The molecule has 1 atom stereocenters. The van der Waals surface area contributed by atoms with E-state index in [0.717, 1.165) is 5.56 Å². The normalized spacial score (nSPS) is 13.3. The van der Waals surface area contributed by atoms with Crippen molar-refractivity contribution in [2.45, 2.75) is 32.2 Å². The minimum absolute atomic E-state index is 0.0378. The molecule has 19 heavy (non-hydrogen) atoms. The van der Waals surface area contributed by atoms with Gasteiger partial charge in [0.2, 0.25) is 0 Å². The SMILES string of the molecule is CC(C)(C)c1ccccc1C(NN)c1cccnc1. The predicted molar refractivity (Wildman–Crippen MR) is 78.5 cm³/mol. The third-order valence-electron chi connectivity index (χ3n) is 3.26. The van der Waals surface area contributed by atoms with Gasteiger partial charge in [-0.2, -0.15) is 0 Å². The third kappa shape index (κ3) is 3.00. The Balaban J connectivity index is 2.51. The van der Waals surface area contributed by atoms with Gasteiger partial charge >= 0.3 is 0 Å². The van der Waals surface area contributed by atoms with Crippen LogP contribution < -0.4 is 11.3 Å². The van der Waals surface area contributed by atoms with Gasteiger partial charge in [0.15, 0.2) is 0 Å². The van der Waals surface area contributed by atoms with Crippen molar-refractivity contribution in [3.63, 3.8) is 0 Å². The van der Waals surface area contributed by atoms with Gasteiger partial charge in [-0.15, -0.1) is 0 Å². The summed E-state index contributed by atoms with van der Waals surface area (Å²) in [4.78, 5) is 4.18. The lowest BCUT2D eigenvalue weighted by Crippen LogP contribution is -2.31. The molecule has 0 amide bonds. The summed E-state index contributed by atoms with van der Waals surface area (Å²) in [5, 5.41) is 0. The molecule has 0 bridgehead atoms. The smallest absolute Gasteiger partial charge is 0.0727 e. The standard InChI is InChI=1S/C16H21N3/c1-16(2,3)14-9-5-4-8-13(14)15(19-17)12-7-6-10-18-11-12/h4-11,15,19H,17H2,1-3H3. The van der Waals surface area contributed by atoms with E-state index in [1.54, 1.807) is 6.20 Å². The molecule has 0 saturated heterocycles. The quantitative estimate of drug-likeness (QED) is 0.655. The Kier molecular flexibility index (Phi) is 3.98. The highest BCUT2D eigenvalue weighted by atomic mass is 15.2. The first kappa shape index (κ1) is 13.7. The number of aromatic nitrogens is 1. The largest absolute Gasteiger partial charge is 0.271 e. The van der Waals surface area contributed by atoms with Gasteiger partial charge < -0.3 is 0 Å². The lowest BCUT2D eigenvalue weighted by atomic mass is 9.81. The molecule has 0 radical (unpaired) electrons. The summed E-state index contributed by atoms with van der Waals surface area (Å²) in [6, 6.07) is 12.3. The monoisotopic (exact) mass is 255 g/mol. The Labute approximate surface area is 114 Å². The van der Waals surface area contributed by atoms with E-state index < -0.39 is 0 Å². The van der Waals surface area contributed by atoms with Gasteiger partial charge in [0.1, 0.15) is 0 Å². The molecule has 3 N–H and O–H groups in total. The summed E-state index contributed by atoms with van der Waals surface area (Å²) in [7, 11) is 0. The number of hydrazine groups is 1. The minimum Gasteiger partial charge on any atom is -0.271 e. The fourth-order valence-electron chi connectivity index (χ4n) is 2.34. The van der Waals surface area contributed by atoms with E-state index >= 15 is 0 Å². The number of nitrogens with zero attached hydrogens (tertiary/aromatic N) is 1. The van der Waals surface area contributed by atoms with E-state index in [9.17, 15) is 0 Å². The van der Waals surface area contributed by atoms with Crippen molar-refractivity contribution in [2.24, 2.45) is 5.84 Å². The van der Waals surface area contributed by atoms with Crippen LogP contribution in [0, 0.1) is 0 Å². The minimum atomic E-state index is -0.0378. The maximum Gasteiger partial charge on any atom is 0.0727 e. The zero-order chi connectivity index (χ0) is 13.9. The van der Waals surface area contributed by atoms with Crippen LogP contribution in [0.5, 0.6) is 0 Å². The topological polar surface area (TPSA) is 50.9 Å². The van der Waals surface area contributed by atoms with Gasteiger partial charge in [0, 0.05) is 12.4 Å². The second-order valence-electron chi connectivity index (χ2n) is 5.72. The maximum absolute atomic E-state index is 5.77. The zero-order valence-corrected chi connectivity index (χ0v) is 11.7. The molecule has 2 aromatic rings. The highest BCUT2D eigenvalue weighted by molar-refractivity contribution is 5.39. The Hall–Kier alpha value is -1.71. The molecule has 0 aliphatic heterocycles. The molecule has 0 aliphatic rings. The molecule has 2 rings (SSSR count). The molecular weight excluding hydrogens is 234 g/mol. The number of benzene rings is 1. The molecule has 1 unspecified atom stereocenters. The number of nitrogens with two attached hydrogens (primary N) is 1. The van der Waals surface area contributed by atoms with Crippen molar-refractivity contribution in [3.05, 3.63) is 65.5 Å². The molecule has 0 aliphatic carbocycles. The van der Waals surface area contributed by atoms with Crippen molar-refractivity contribution in [2.75, 3.05) is 0 Å². The van der Waals surface area contributed by atoms with Crippen molar-refractivity contribution in [3.8, 4) is 0 Å². The lowest BCUT2D eigenvalue weighted by Gasteiger charge is -2.27. The van der Waals surface area contributed by atoms with Crippen LogP contribution in [0.1, 0.15) is 43.5 Å². The molecule has 100 valence electrons. The van der Waals surface area contributed by atoms with Crippen LogP contribution >= 0.6 is 0 Å². The van der Waals surface area contributed by atoms with E-state index in [-0.39, 0.29) is 11.5 Å². The molecule has 3 heteroatoms. The van der Waals surface area contributed by atoms with Crippen LogP contribution in [0.2, 0.25) is 0 Å². The van der Waals surface area contributed by atoms with Gasteiger partial charge in [-0.3, -0.25) is 10.8 Å². The number of nitrogens with one attached hydrogen (secondary N) is 1. The Bertz CT molecular complexity index is 529. The fraction of sp³-hybridized carbons (Fsp3) is 0.312. The van der Waals surface area contributed by atoms with Crippen molar-refractivity contribution < 1.29 is 0 Å². The van der Waals surface area contributed by atoms with Gasteiger partial charge in [-0.25, -0.2) is 5.43 Å². The average Bonchev–Trinajstić information content (AvgIpc) is 2.40. The Morgan fingerprint density at radius 1 is 1.11 bits per heavy atom. The molecule has 0 fully saturated rings. The number of hydrogen-bond acceptors (Lipinski definition) is 3. The highest BCUT2D eigenvalue weighted by Crippen LogP contribution is 2.31. The molecule has 0 saturated carbocycles. The van der Waals surface area contributed by atoms with Gasteiger partial charge in [0.05, 0.1) is 6.04 Å². The van der Waals surface area contributed by atoms with Crippen LogP contribution in [0.4, 0.5) is 0 Å². The summed E-state index contributed by atoms with van der Waals surface area (Å²) in [5.41, 5.74) is 6.55. The molecular formula is C16H21N3. The second-order valence-corrected chi connectivity index (χ2v) is 5.72. The highest BCUT2D eigenvalue weighted by Gasteiger charge is 2.22.